The molecular weight excluding hydrogens is 277 g/mol. The second-order valence-corrected chi connectivity index (χ2v) is 3.11. The zero-order valence-electron chi connectivity index (χ0n) is 8.95. The van der Waals surface area contributed by atoms with Crippen molar-refractivity contribution in [2.24, 2.45) is 0 Å². The van der Waals surface area contributed by atoms with Crippen LogP contribution in [0.2, 0.25) is 0 Å². The number of hydrogen-bond acceptors (Lipinski definition) is 3. The molecule has 0 amide bonds. The number of carbonyl (C=O) groups excluding carboxylic acids is 1. The smallest absolute Gasteiger partial charge is 0.416 e. The number of alkyl halides is 3. The van der Waals surface area contributed by atoms with Crippen molar-refractivity contribution < 1.29 is 32.6 Å². The number of carboxylic acid groups (broad SMARTS) is 1. The Balaban J connectivity index is 0.00000289. The average Bonchev–Trinajstić information content (AvgIpc) is 2.14. The number of benzene rings is 1. The van der Waals surface area contributed by atoms with Gasteiger partial charge in [-0.3, -0.25) is 4.79 Å². The third-order valence-electron chi connectivity index (χ3n) is 1.79. The lowest BCUT2D eigenvalue weighted by Gasteiger charge is -2.10. The van der Waals surface area contributed by atoms with Crippen molar-refractivity contribution in [3.8, 4) is 5.75 Å². The molecule has 0 aliphatic rings. The molecule has 0 fully saturated rings. The number of carboxylic acids is 1. The fourth-order valence-corrected chi connectivity index (χ4v) is 1.11. The molecule has 4 nitrogen and oxygen atoms in total. The van der Waals surface area contributed by atoms with Crippen LogP contribution in [0.4, 0.5) is 13.2 Å². The van der Waals surface area contributed by atoms with Gasteiger partial charge in [-0.15, -0.1) is 12.4 Å². The van der Waals surface area contributed by atoms with Gasteiger partial charge in [0.1, 0.15) is 11.3 Å². The van der Waals surface area contributed by atoms with Crippen molar-refractivity contribution >= 4 is 24.3 Å². The molecule has 0 radical (unpaired) electrons. The van der Waals surface area contributed by atoms with E-state index in [2.05, 4.69) is 4.74 Å². The van der Waals surface area contributed by atoms with Gasteiger partial charge in [0.25, 0.3) is 0 Å². The van der Waals surface area contributed by atoms with Crippen molar-refractivity contribution in [3.63, 3.8) is 0 Å². The van der Waals surface area contributed by atoms with Crippen molar-refractivity contribution in [2.75, 3.05) is 0 Å². The predicted molar refractivity (Wildman–Crippen MR) is 57.0 cm³/mol. The van der Waals surface area contributed by atoms with Crippen LogP contribution in [0.1, 0.15) is 22.8 Å². The van der Waals surface area contributed by atoms with Crippen molar-refractivity contribution in [1.29, 1.82) is 0 Å². The summed E-state index contributed by atoms with van der Waals surface area (Å²) in [6.07, 6.45) is -4.63. The zero-order chi connectivity index (χ0) is 13.2. The standard InChI is InChI=1S/C10H7F3O4.ClH/c1-5(14)17-8-4-6(10(11,12)13)2-3-7(8)9(15)16;/h2-4H,1H3,(H,15,16);1H. The lowest BCUT2D eigenvalue weighted by molar-refractivity contribution is -0.138. The Morgan fingerprint density at radius 1 is 1.28 bits per heavy atom. The summed E-state index contributed by atoms with van der Waals surface area (Å²) in [4.78, 5) is 21.3. The molecule has 1 N–H and O–H groups in total. The molecule has 18 heavy (non-hydrogen) atoms. The number of rotatable bonds is 2. The Bertz CT molecular complexity index is 471. The van der Waals surface area contributed by atoms with E-state index >= 15 is 0 Å². The van der Waals surface area contributed by atoms with E-state index in [9.17, 15) is 22.8 Å². The molecule has 100 valence electrons. The fraction of sp³-hybridized carbons (Fsp3) is 0.200. The van der Waals surface area contributed by atoms with Crippen LogP contribution in [0.3, 0.4) is 0 Å². The molecule has 8 heteroatoms. The van der Waals surface area contributed by atoms with E-state index in [1.165, 1.54) is 0 Å². The molecule has 1 rings (SSSR count). The van der Waals surface area contributed by atoms with Gasteiger partial charge >= 0.3 is 18.1 Å². The molecule has 1 aromatic carbocycles. The van der Waals surface area contributed by atoms with Crippen molar-refractivity contribution in [3.05, 3.63) is 29.3 Å². The van der Waals surface area contributed by atoms with E-state index in [1.807, 2.05) is 0 Å². The van der Waals surface area contributed by atoms with E-state index in [4.69, 9.17) is 5.11 Å². The van der Waals surface area contributed by atoms with Crippen molar-refractivity contribution in [2.45, 2.75) is 13.1 Å². The van der Waals surface area contributed by atoms with E-state index < -0.39 is 35.0 Å². The minimum atomic E-state index is -4.63. The number of halogens is 4. The summed E-state index contributed by atoms with van der Waals surface area (Å²) in [7, 11) is 0. The topological polar surface area (TPSA) is 63.6 Å². The van der Waals surface area contributed by atoms with Crippen LogP contribution >= 0.6 is 12.4 Å². The Morgan fingerprint density at radius 3 is 2.22 bits per heavy atom. The van der Waals surface area contributed by atoms with Crippen LogP contribution in [0.25, 0.3) is 0 Å². The van der Waals surface area contributed by atoms with Gasteiger partial charge in [-0.2, -0.15) is 13.2 Å². The summed E-state index contributed by atoms with van der Waals surface area (Å²) in [6.45, 7) is 0.964. The summed E-state index contributed by atoms with van der Waals surface area (Å²) in [5.74, 6) is -3.00. The maximum Gasteiger partial charge on any atom is 0.416 e. The SMILES string of the molecule is CC(=O)Oc1cc(C(F)(F)F)ccc1C(=O)O.Cl. The van der Waals surface area contributed by atoms with E-state index in [0.717, 1.165) is 13.0 Å². The summed E-state index contributed by atoms with van der Waals surface area (Å²) >= 11 is 0. The number of carbonyl (C=O) groups is 2. The molecule has 0 aliphatic carbocycles. The van der Waals surface area contributed by atoms with Crippen LogP contribution in [0.5, 0.6) is 5.75 Å². The summed E-state index contributed by atoms with van der Waals surface area (Å²) in [5, 5.41) is 8.70. The normalized spacial score (nSPS) is 10.4. The highest BCUT2D eigenvalue weighted by molar-refractivity contribution is 5.92. The van der Waals surface area contributed by atoms with Crippen molar-refractivity contribution in [1.82, 2.24) is 0 Å². The monoisotopic (exact) mass is 284 g/mol. The Kier molecular flexibility index (Phi) is 5.16. The van der Waals surface area contributed by atoms with Crippen LogP contribution in [-0.2, 0) is 11.0 Å². The van der Waals surface area contributed by atoms with Crippen LogP contribution in [-0.4, -0.2) is 17.0 Å². The molecule has 1 aromatic rings. The largest absolute Gasteiger partial charge is 0.478 e. The number of ether oxygens (including phenoxy) is 1. The first-order valence-corrected chi connectivity index (χ1v) is 4.35. The molecule has 0 saturated heterocycles. The second kappa shape index (κ2) is 5.72. The Labute approximate surface area is 106 Å². The summed E-state index contributed by atoms with van der Waals surface area (Å²) in [6, 6.07) is 1.82. The van der Waals surface area contributed by atoms with Gasteiger partial charge in [0.05, 0.1) is 5.56 Å². The van der Waals surface area contributed by atoms with Gasteiger partial charge in [0, 0.05) is 6.92 Å². The Hall–Kier alpha value is -1.76. The van der Waals surface area contributed by atoms with E-state index in [-0.39, 0.29) is 12.4 Å². The van der Waals surface area contributed by atoms with Gasteiger partial charge < -0.3 is 9.84 Å². The summed E-state index contributed by atoms with van der Waals surface area (Å²) in [5.41, 5.74) is -1.59. The minimum Gasteiger partial charge on any atom is -0.478 e. The zero-order valence-corrected chi connectivity index (χ0v) is 9.76. The number of hydrogen-bond donors (Lipinski definition) is 1. The van der Waals surface area contributed by atoms with Gasteiger partial charge in [-0.25, -0.2) is 4.79 Å². The predicted octanol–water partition coefficient (Wildman–Crippen LogP) is 2.75. The molecule has 0 aromatic heterocycles. The highest BCUT2D eigenvalue weighted by Gasteiger charge is 2.32. The first-order chi connectivity index (χ1) is 7.71. The highest BCUT2D eigenvalue weighted by atomic mass is 35.5. The van der Waals surface area contributed by atoms with Gasteiger partial charge in [-0.1, -0.05) is 0 Å². The third-order valence-corrected chi connectivity index (χ3v) is 1.79. The maximum atomic E-state index is 12.4. The third kappa shape index (κ3) is 3.92. The molecule has 0 saturated carbocycles. The average molecular weight is 285 g/mol. The van der Waals surface area contributed by atoms with E-state index in [1.54, 1.807) is 0 Å². The van der Waals surface area contributed by atoms with Gasteiger partial charge in [0.2, 0.25) is 0 Å². The van der Waals surface area contributed by atoms with Crippen LogP contribution in [0.15, 0.2) is 18.2 Å². The quantitative estimate of drug-likeness (QED) is 0.670. The van der Waals surface area contributed by atoms with Crippen LogP contribution < -0.4 is 4.74 Å². The first kappa shape index (κ1) is 16.2. The molecule has 0 aliphatic heterocycles. The van der Waals surface area contributed by atoms with Crippen LogP contribution in [0, 0.1) is 0 Å². The number of aromatic carboxylic acids is 1. The highest BCUT2D eigenvalue weighted by Crippen LogP contribution is 2.33. The first-order valence-electron chi connectivity index (χ1n) is 4.35. The van der Waals surface area contributed by atoms with E-state index in [0.29, 0.717) is 12.1 Å². The number of esters is 1. The Morgan fingerprint density at radius 2 is 1.83 bits per heavy atom. The maximum absolute atomic E-state index is 12.4. The summed E-state index contributed by atoms with van der Waals surface area (Å²) < 4.78 is 41.5. The minimum absolute atomic E-state index is 0. The molecule has 0 heterocycles. The molecular formula is C10H8ClF3O4. The molecule has 0 atom stereocenters. The van der Waals surface area contributed by atoms with Gasteiger partial charge in [0.15, 0.2) is 0 Å². The molecule has 0 bridgehead atoms. The van der Waals surface area contributed by atoms with Gasteiger partial charge in [-0.05, 0) is 18.2 Å². The second-order valence-electron chi connectivity index (χ2n) is 3.11. The molecule has 0 unspecified atom stereocenters. The lowest BCUT2D eigenvalue weighted by Crippen LogP contribution is -2.11. The fourth-order valence-electron chi connectivity index (χ4n) is 1.11. The lowest BCUT2D eigenvalue weighted by atomic mass is 10.1. The molecule has 0 spiro atoms.